The fourth-order valence-corrected chi connectivity index (χ4v) is 1.63. The normalized spacial score (nSPS) is 12.8. The fraction of sp³-hybridized carbons (Fsp3) is 0.583. The summed E-state index contributed by atoms with van der Waals surface area (Å²) >= 11 is 0. The summed E-state index contributed by atoms with van der Waals surface area (Å²) in [6.07, 6.45) is -0.166. The second-order valence-corrected chi connectivity index (χ2v) is 4.02. The maximum Gasteiger partial charge on any atom is 0.255 e. The van der Waals surface area contributed by atoms with E-state index in [2.05, 4.69) is 4.98 Å². The van der Waals surface area contributed by atoms with Crippen LogP contribution in [0, 0.1) is 0 Å². The largest absolute Gasteiger partial charge is 0.395 e. The molecule has 0 amide bonds. The molecule has 1 unspecified atom stereocenters. The second-order valence-electron chi connectivity index (χ2n) is 4.02. The molecule has 1 aromatic rings. The summed E-state index contributed by atoms with van der Waals surface area (Å²) in [5.41, 5.74) is 7.13. The number of halogens is 2. The van der Waals surface area contributed by atoms with Gasteiger partial charge in [0.05, 0.1) is 30.7 Å². The molecule has 0 saturated heterocycles. The minimum atomic E-state index is -2.45. The zero-order chi connectivity index (χ0) is 13.5. The number of aliphatic hydroxyl groups excluding tert-OH is 1. The first kappa shape index (κ1) is 14.8. The second kappa shape index (κ2) is 7.23. The van der Waals surface area contributed by atoms with Crippen molar-refractivity contribution in [2.24, 2.45) is 5.73 Å². The minimum absolute atomic E-state index is 0.138. The Balaban J connectivity index is 2.79. The SMILES string of the molecule is CCC(N)c1ccc(N(CCO)CC(F)F)cn1. The van der Waals surface area contributed by atoms with Crippen LogP contribution in [0.4, 0.5) is 14.5 Å². The maximum atomic E-state index is 12.4. The van der Waals surface area contributed by atoms with Crippen molar-refractivity contribution in [1.29, 1.82) is 0 Å². The number of hydrogen-bond acceptors (Lipinski definition) is 4. The highest BCUT2D eigenvalue weighted by Gasteiger charge is 2.13. The number of alkyl halides is 2. The van der Waals surface area contributed by atoms with E-state index < -0.39 is 13.0 Å². The van der Waals surface area contributed by atoms with Crippen LogP contribution in [0.15, 0.2) is 18.3 Å². The van der Waals surface area contributed by atoms with Gasteiger partial charge in [0.25, 0.3) is 6.43 Å². The van der Waals surface area contributed by atoms with Crippen molar-refractivity contribution in [2.45, 2.75) is 25.8 Å². The van der Waals surface area contributed by atoms with Crippen molar-refractivity contribution >= 4 is 5.69 Å². The molecule has 1 heterocycles. The lowest BCUT2D eigenvalue weighted by molar-refractivity contribution is 0.153. The number of nitrogens with two attached hydrogens (primary N) is 1. The van der Waals surface area contributed by atoms with Crippen molar-refractivity contribution in [2.75, 3.05) is 24.6 Å². The molecule has 0 aromatic carbocycles. The van der Waals surface area contributed by atoms with Gasteiger partial charge < -0.3 is 15.7 Å². The van der Waals surface area contributed by atoms with E-state index in [1.54, 1.807) is 12.1 Å². The summed E-state index contributed by atoms with van der Waals surface area (Å²) in [7, 11) is 0. The van der Waals surface area contributed by atoms with Crippen LogP contribution in [-0.2, 0) is 0 Å². The highest BCUT2D eigenvalue weighted by Crippen LogP contribution is 2.17. The van der Waals surface area contributed by atoms with Gasteiger partial charge in [0.1, 0.15) is 0 Å². The zero-order valence-electron chi connectivity index (χ0n) is 10.4. The van der Waals surface area contributed by atoms with Crippen LogP contribution in [0.2, 0.25) is 0 Å². The Morgan fingerprint density at radius 2 is 2.17 bits per heavy atom. The van der Waals surface area contributed by atoms with Gasteiger partial charge in [-0.1, -0.05) is 6.92 Å². The molecule has 1 rings (SSSR count). The standard InChI is InChI=1S/C12H19F2N3O/c1-2-10(15)11-4-3-9(7-16-11)17(5-6-18)8-12(13)14/h3-4,7,10,12,18H,2,5-6,8,15H2,1H3. The lowest BCUT2D eigenvalue weighted by Crippen LogP contribution is -2.31. The number of hydrogen-bond donors (Lipinski definition) is 2. The lowest BCUT2D eigenvalue weighted by atomic mass is 10.1. The van der Waals surface area contributed by atoms with Gasteiger partial charge in [-0.3, -0.25) is 4.98 Å². The number of anilines is 1. The van der Waals surface area contributed by atoms with E-state index in [1.807, 2.05) is 6.92 Å². The molecule has 0 bridgehead atoms. The van der Waals surface area contributed by atoms with Crippen LogP contribution in [-0.4, -0.2) is 36.2 Å². The van der Waals surface area contributed by atoms with Gasteiger partial charge >= 0.3 is 0 Å². The molecule has 0 fully saturated rings. The first-order valence-electron chi connectivity index (χ1n) is 5.94. The average molecular weight is 259 g/mol. The number of aromatic nitrogens is 1. The van der Waals surface area contributed by atoms with Crippen molar-refractivity contribution in [3.05, 3.63) is 24.0 Å². The molecule has 3 N–H and O–H groups in total. The summed E-state index contributed by atoms with van der Waals surface area (Å²) in [6, 6.07) is 3.30. The van der Waals surface area contributed by atoms with Gasteiger partial charge in [0.15, 0.2) is 0 Å². The highest BCUT2D eigenvalue weighted by molar-refractivity contribution is 5.44. The number of aliphatic hydroxyl groups is 1. The van der Waals surface area contributed by atoms with E-state index in [9.17, 15) is 8.78 Å². The van der Waals surface area contributed by atoms with Crippen LogP contribution in [0.25, 0.3) is 0 Å². The van der Waals surface area contributed by atoms with Crippen molar-refractivity contribution < 1.29 is 13.9 Å². The van der Waals surface area contributed by atoms with E-state index in [-0.39, 0.29) is 19.2 Å². The monoisotopic (exact) mass is 259 g/mol. The molecule has 0 aliphatic carbocycles. The third-order valence-electron chi connectivity index (χ3n) is 2.68. The van der Waals surface area contributed by atoms with E-state index in [1.165, 1.54) is 11.1 Å². The van der Waals surface area contributed by atoms with Crippen LogP contribution in [0.5, 0.6) is 0 Å². The van der Waals surface area contributed by atoms with Gasteiger partial charge in [-0.2, -0.15) is 0 Å². The van der Waals surface area contributed by atoms with Crippen molar-refractivity contribution in [1.82, 2.24) is 4.98 Å². The summed E-state index contributed by atoms with van der Waals surface area (Å²) in [5.74, 6) is 0. The predicted molar refractivity (Wildman–Crippen MR) is 66.8 cm³/mol. The molecule has 0 saturated carbocycles. The molecule has 4 nitrogen and oxygen atoms in total. The lowest BCUT2D eigenvalue weighted by Gasteiger charge is -2.23. The predicted octanol–water partition coefficient (Wildman–Crippen LogP) is 1.56. The van der Waals surface area contributed by atoms with Gasteiger partial charge in [-0.05, 0) is 18.6 Å². The van der Waals surface area contributed by atoms with E-state index >= 15 is 0 Å². The molecule has 0 radical (unpaired) electrons. The summed E-state index contributed by atoms with van der Waals surface area (Å²) in [6.45, 7) is 1.52. The van der Waals surface area contributed by atoms with Gasteiger partial charge in [0.2, 0.25) is 0 Å². The van der Waals surface area contributed by atoms with Gasteiger partial charge in [-0.15, -0.1) is 0 Å². The molecule has 1 atom stereocenters. The third kappa shape index (κ3) is 4.19. The van der Waals surface area contributed by atoms with Crippen LogP contribution in [0.3, 0.4) is 0 Å². The Hall–Kier alpha value is -1.27. The maximum absolute atomic E-state index is 12.4. The highest BCUT2D eigenvalue weighted by atomic mass is 19.3. The molecule has 6 heteroatoms. The van der Waals surface area contributed by atoms with Crippen LogP contribution in [0.1, 0.15) is 25.1 Å². The molecule has 0 aliphatic heterocycles. The van der Waals surface area contributed by atoms with Gasteiger partial charge in [0, 0.05) is 12.6 Å². The Morgan fingerprint density at radius 1 is 1.44 bits per heavy atom. The molecule has 102 valence electrons. The van der Waals surface area contributed by atoms with Crippen molar-refractivity contribution in [3.63, 3.8) is 0 Å². The third-order valence-corrected chi connectivity index (χ3v) is 2.68. The Kier molecular flexibility index (Phi) is 5.94. The topological polar surface area (TPSA) is 62.4 Å². The summed E-state index contributed by atoms with van der Waals surface area (Å²) < 4.78 is 24.8. The number of nitrogens with zero attached hydrogens (tertiary/aromatic N) is 2. The number of pyridine rings is 1. The van der Waals surface area contributed by atoms with Crippen LogP contribution >= 0.6 is 0 Å². The minimum Gasteiger partial charge on any atom is -0.395 e. The van der Waals surface area contributed by atoms with Crippen LogP contribution < -0.4 is 10.6 Å². The smallest absolute Gasteiger partial charge is 0.255 e. The molecular weight excluding hydrogens is 240 g/mol. The fourth-order valence-electron chi connectivity index (χ4n) is 1.63. The quantitative estimate of drug-likeness (QED) is 0.780. The average Bonchev–Trinajstić information content (AvgIpc) is 2.37. The number of rotatable bonds is 7. The molecular formula is C12H19F2N3O. The first-order chi connectivity index (χ1) is 8.58. The molecule has 0 spiro atoms. The van der Waals surface area contributed by atoms with E-state index in [0.717, 1.165) is 12.1 Å². The molecule has 0 aliphatic rings. The van der Waals surface area contributed by atoms with Gasteiger partial charge in [-0.25, -0.2) is 8.78 Å². The van der Waals surface area contributed by atoms with E-state index in [4.69, 9.17) is 10.8 Å². The van der Waals surface area contributed by atoms with E-state index in [0.29, 0.717) is 5.69 Å². The Bertz CT molecular complexity index is 346. The Labute approximate surface area is 105 Å². The summed E-state index contributed by atoms with van der Waals surface area (Å²) in [4.78, 5) is 5.57. The summed E-state index contributed by atoms with van der Waals surface area (Å²) in [5, 5.41) is 8.86. The van der Waals surface area contributed by atoms with Crippen molar-refractivity contribution in [3.8, 4) is 0 Å². The molecule has 1 aromatic heterocycles. The molecule has 18 heavy (non-hydrogen) atoms. The first-order valence-corrected chi connectivity index (χ1v) is 5.94. The Morgan fingerprint density at radius 3 is 2.61 bits per heavy atom. The zero-order valence-corrected chi connectivity index (χ0v) is 10.4.